The summed E-state index contributed by atoms with van der Waals surface area (Å²) in [5, 5.41) is 3.05. The van der Waals surface area contributed by atoms with Crippen LogP contribution in [0.1, 0.15) is 18.2 Å². The molecule has 68 valence electrons. The lowest BCUT2D eigenvalue weighted by Crippen LogP contribution is -2.03. The molecule has 0 amide bonds. The third-order valence-electron chi connectivity index (χ3n) is 1.54. The van der Waals surface area contributed by atoms with Gasteiger partial charge in [0, 0.05) is 18.7 Å². The maximum Gasteiger partial charge on any atom is 0.129 e. The van der Waals surface area contributed by atoms with E-state index < -0.39 is 0 Å². The molecule has 1 N–H and O–H groups in total. The average molecular weight is 169 g/mol. The van der Waals surface area contributed by atoms with Gasteiger partial charge in [0.1, 0.15) is 12.4 Å². The van der Waals surface area contributed by atoms with Crippen LogP contribution in [0.3, 0.4) is 0 Å². The summed E-state index contributed by atoms with van der Waals surface area (Å²) in [5.41, 5.74) is 1.16. The van der Waals surface area contributed by atoms with E-state index in [0.717, 1.165) is 24.5 Å². The molecular weight excluding hydrogens is 154 g/mol. The molecule has 1 heterocycles. The Labute approximate surface area is 72.7 Å². The highest BCUT2D eigenvalue weighted by Crippen LogP contribution is 2.08. The van der Waals surface area contributed by atoms with Gasteiger partial charge in [0.15, 0.2) is 0 Å². The molecule has 0 fully saturated rings. The Morgan fingerprint density at radius 3 is 3.08 bits per heavy atom. The number of furan rings is 1. The molecule has 0 unspecified atom stereocenters. The van der Waals surface area contributed by atoms with Gasteiger partial charge in [-0.25, -0.2) is 0 Å². The van der Waals surface area contributed by atoms with Gasteiger partial charge in [-0.2, -0.15) is 0 Å². The molecule has 12 heavy (non-hydrogen) atoms. The molecule has 0 spiro atoms. The summed E-state index contributed by atoms with van der Waals surface area (Å²) < 4.78 is 10.5. The zero-order chi connectivity index (χ0) is 8.81. The third-order valence-corrected chi connectivity index (χ3v) is 1.54. The predicted octanol–water partition coefficient (Wildman–Crippen LogP) is 1.54. The molecule has 0 aliphatic heterocycles. The Hall–Kier alpha value is -0.800. The molecule has 1 aromatic rings. The second-order valence-electron chi connectivity index (χ2n) is 2.59. The molecular formula is C9H15NO2. The fraction of sp³-hybridized carbons (Fsp3) is 0.556. The van der Waals surface area contributed by atoms with Crippen molar-refractivity contribution < 1.29 is 9.15 Å². The first-order chi connectivity index (χ1) is 5.86. The van der Waals surface area contributed by atoms with Crippen LogP contribution in [0.4, 0.5) is 0 Å². The van der Waals surface area contributed by atoms with E-state index in [1.54, 1.807) is 6.26 Å². The van der Waals surface area contributed by atoms with Crippen LogP contribution in [0.25, 0.3) is 0 Å². The van der Waals surface area contributed by atoms with Gasteiger partial charge >= 0.3 is 0 Å². The van der Waals surface area contributed by atoms with Gasteiger partial charge in [0.25, 0.3) is 0 Å². The molecule has 0 radical (unpaired) electrons. The zero-order valence-corrected chi connectivity index (χ0v) is 7.59. The van der Waals surface area contributed by atoms with Crippen molar-refractivity contribution >= 4 is 0 Å². The number of rotatable bonds is 5. The Morgan fingerprint density at radius 2 is 2.42 bits per heavy atom. The van der Waals surface area contributed by atoms with Crippen LogP contribution in [0.15, 0.2) is 16.7 Å². The SMILES string of the molecule is CCOCc1cc(CNC)co1. The van der Waals surface area contributed by atoms with Gasteiger partial charge in [-0.15, -0.1) is 0 Å². The van der Waals surface area contributed by atoms with Crippen LogP contribution >= 0.6 is 0 Å². The van der Waals surface area contributed by atoms with E-state index >= 15 is 0 Å². The fourth-order valence-corrected chi connectivity index (χ4v) is 1.00. The fourth-order valence-electron chi connectivity index (χ4n) is 1.00. The topological polar surface area (TPSA) is 34.4 Å². The summed E-state index contributed by atoms with van der Waals surface area (Å²) in [6.45, 7) is 4.11. The Kier molecular flexibility index (Phi) is 3.84. The van der Waals surface area contributed by atoms with Crippen molar-refractivity contribution in [2.45, 2.75) is 20.1 Å². The molecule has 0 aliphatic rings. The molecule has 0 aromatic carbocycles. The average Bonchev–Trinajstić information content (AvgIpc) is 2.50. The van der Waals surface area contributed by atoms with Crippen molar-refractivity contribution in [1.82, 2.24) is 5.32 Å². The van der Waals surface area contributed by atoms with Crippen molar-refractivity contribution in [3.63, 3.8) is 0 Å². The van der Waals surface area contributed by atoms with Crippen LogP contribution in [0.5, 0.6) is 0 Å². The van der Waals surface area contributed by atoms with Crippen molar-refractivity contribution in [2.24, 2.45) is 0 Å². The number of ether oxygens (including phenoxy) is 1. The van der Waals surface area contributed by atoms with Crippen molar-refractivity contribution in [2.75, 3.05) is 13.7 Å². The lowest BCUT2D eigenvalue weighted by Gasteiger charge is -1.94. The van der Waals surface area contributed by atoms with Crippen LogP contribution in [-0.4, -0.2) is 13.7 Å². The monoisotopic (exact) mass is 169 g/mol. The zero-order valence-electron chi connectivity index (χ0n) is 7.59. The first kappa shape index (κ1) is 9.29. The summed E-state index contributed by atoms with van der Waals surface area (Å²) in [4.78, 5) is 0. The predicted molar refractivity (Wildman–Crippen MR) is 46.8 cm³/mol. The van der Waals surface area contributed by atoms with Gasteiger partial charge in [-0.3, -0.25) is 0 Å². The lowest BCUT2D eigenvalue weighted by molar-refractivity contribution is 0.118. The first-order valence-corrected chi connectivity index (χ1v) is 4.15. The van der Waals surface area contributed by atoms with Crippen molar-refractivity contribution in [3.05, 3.63) is 23.7 Å². The van der Waals surface area contributed by atoms with Gasteiger partial charge in [-0.1, -0.05) is 0 Å². The van der Waals surface area contributed by atoms with E-state index in [1.807, 2.05) is 20.0 Å². The van der Waals surface area contributed by atoms with Gasteiger partial charge in [0.05, 0.1) is 6.26 Å². The second kappa shape index (κ2) is 4.95. The van der Waals surface area contributed by atoms with Crippen molar-refractivity contribution in [3.8, 4) is 0 Å². The van der Waals surface area contributed by atoms with Gasteiger partial charge < -0.3 is 14.5 Å². The van der Waals surface area contributed by atoms with E-state index in [0.29, 0.717) is 6.61 Å². The highest BCUT2D eigenvalue weighted by molar-refractivity contribution is 5.11. The highest BCUT2D eigenvalue weighted by Gasteiger charge is 1.99. The van der Waals surface area contributed by atoms with E-state index in [1.165, 1.54) is 0 Å². The molecule has 3 nitrogen and oxygen atoms in total. The normalized spacial score (nSPS) is 10.5. The standard InChI is InChI=1S/C9H15NO2/c1-3-11-7-9-4-8(5-10-2)6-12-9/h4,6,10H,3,5,7H2,1-2H3. The van der Waals surface area contributed by atoms with Gasteiger partial charge in [-0.05, 0) is 20.0 Å². The molecule has 0 saturated carbocycles. The minimum absolute atomic E-state index is 0.570. The van der Waals surface area contributed by atoms with Crippen LogP contribution in [-0.2, 0) is 17.9 Å². The summed E-state index contributed by atoms with van der Waals surface area (Å²) >= 11 is 0. The second-order valence-corrected chi connectivity index (χ2v) is 2.59. The Bertz CT molecular complexity index is 220. The molecule has 1 rings (SSSR count). The lowest BCUT2D eigenvalue weighted by atomic mass is 10.3. The maximum atomic E-state index is 5.25. The summed E-state index contributed by atoms with van der Waals surface area (Å²) in [7, 11) is 1.91. The van der Waals surface area contributed by atoms with Crippen LogP contribution < -0.4 is 5.32 Å². The molecule has 0 saturated heterocycles. The Balaban J connectivity index is 2.41. The molecule has 0 atom stereocenters. The largest absolute Gasteiger partial charge is 0.467 e. The highest BCUT2D eigenvalue weighted by atomic mass is 16.5. The maximum absolute atomic E-state index is 5.25. The van der Waals surface area contributed by atoms with Crippen LogP contribution in [0, 0.1) is 0 Å². The first-order valence-electron chi connectivity index (χ1n) is 4.15. The smallest absolute Gasteiger partial charge is 0.129 e. The summed E-state index contributed by atoms with van der Waals surface area (Å²) in [6.07, 6.45) is 1.75. The third kappa shape index (κ3) is 2.68. The van der Waals surface area contributed by atoms with E-state index in [9.17, 15) is 0 Å². The Morgan fingerprint density at radius 1 is 1.58 bits per heavy atom. The molecule has 0 bridgehead atoms. The van der Waals surface area contributed by atoms with Crippen LogP contribution in [0.2, 0.25) is 0 Å². The molecule has 1 aromatic heterocycles. The molecule has 3 heteroatoms. The number of hydrogen-bond donors (Lipinski definition) is 1. The number of nitrogens with one attached hydrogen (secondary N) is 1. The van der Waals surface area contributed by atoms with Gasteiger partial charge in [0.2, 0.25) is 0 Å². The summed E-state index contributed by atoms with van der Waals surface area (Å²) in [6, 6.07) is 2.01. The molecule has 0 aliphatic carbocycles. The van der Waals surface area contributed by atoms with E-state index in [-0.39, 0.29) is 0 Å². The van der Waals surface area contributed by atoms with E-state index in [2.05, 4.69) is 5.32 Å². The minimum Gasteiger partial charge on any atom is -0.467 e. The van der Waals surface area contributed by atoms with Crippen molar-refractivity contribution in [1.29, 1.82) is 0 Å². The summed E-state index contributed by atoms with van der Waals surface area (Å²) in [5.74, 6) is 0.891. The van der Waals surface area contributed by atoms with E-state index in [4.69, 9.17) is 9.15 Å². The quantitative estimate of drug-likeness (QED) is 0.726. The minimum atomic E-state index is 0.570. The number of hydrogen-bond acceptors (Lipinski definition) is 3.